The molecule has 0 nitrogen and oxygen atoms in total. The normalized spacial score (nSPS) is 8.64. The molecule has 0 heterocycles. The molecule has 0 aromatic carbocycles. The number of hydrogen-bond acceptors (Lipinski definition) is 1. The van der Waals surface area contributed by atoms with Crippen LogP contribution in [0, 0.1) is 0 Å². The van der Waals surface area contributed by atoms with Gasteiger partial charge in [0.05, 0.1) is 0 Å². The highest BCUT2D eigenvalue weighted by Crippen LogP contribution is 2.12. The summed E-state index contributed by atoms with van der Waals surface area (Å²) in [5, 5.41) is 0. The molecule has 0 radical (unpaired) electrons. The van der Waals surface area contributed by atoms with Crippen LogP contribution in [0.2, 0.25) is 0 Å². The summed E-state index contributed by atoms with van der Waals surface area (Å²) in [6, 6.07) is 0. The summed E-state index contributed by atoms with van der Waals surface area (Å²) >= 11 is 1.74. The largest absolute Gasteiger partial charge is 0.127 e. The van der Waals surface area contributed by atoms with Crippen molar-refractivity contribution in [1.82, 2.24) is 0 Å². The maximum atomic E-state index is 3.81. The molecule has 0 aliphatic rings. The van der Waals surface area contributed by atoms with Crippen molar-refractivity contribution in [2.24, 2.45) is 0 Å². The molecule has 0 aromatic heterocycles. The summed E-state index contributed by atoms with van der Waals surface area (Å²) in [6.07, 6.45) is 5.60. The van der Waals surface area contributed by atoms with Gasteiger partial charge in [-0.25, -0.2) is 0 Å². The van der Waals surface area contributed by atoms with E-state index in [4.69, 9.17) is 0 Å². The van der Waals surface area contributed by atoms with Gasteiger partial charge in [0.15, 0.2) is 0 Å². The van der Waals surface area contributed by atoms with Crippen LogP contribution in [0.5, 0.6) is 0 Å². The Morgan fingerprint density at radius 3 is 2.36 bits per heavy atom. The van der Waals surface area contributed by atoms with Gasteiger partial charge in [-0.05, 0) is 16.7 Å². The molecule has 0 unspecified atom stereocenters. The van der Waals surface area contributed by atoms with Gasteiger partial charge in [-0.1, -0.05) is 46.1 Å². The highest BCUT2D eigenvalue weighted by atomic mass is 32.2. The Morgan fingerprint density at radius 2 is 2.00 bits per heavy atom. The molecule has 11 heavy (non-hydrogen) atoms. The van der Waals surface area contributed by atoms with E-state index in [0.717, 1.165) is 10.7 Å². The summed E-state index contributed by atoms with van der Waals surface area (Å²) in [4.78, 5) is 1.09. The predicted molar refractivity (Wildman–Crippen MR) is 58.0 cm³/mol. The zero-order valence-corrected chi connectivity index (χ0v) is 8.58. The fraction of sp³-hybridized carbons (Fsp3) is 0.400. The molecule has 0 aliphatic carbocycles. The maximum absolute atomic E-state index is 3.81. The van der Waals surface area contributed by atoms with Crippen molar-refractivity contribution in [2.45, 2.75) is 20.8 Å². The first kappa shape index (κ1) is 13.2. The van der Waals surface area contributed by atoms with Gasteiger partial charge in [-0.15, -0.1) is 11.8 Å². The third-order valence-electron chi connectivity index (χ3n) is 0.748. The van der Waals surface area contributed by atoms with E-state index in [-0.39, 0.29) is 0 Å². The van der Waals surface area contributed by atoms with Crippen molar-refractivity contribution in [3.63, 3.8) is 0 Å². The Hall–Kier alpha value is -0.430. The minimum atomic E-state index is 1.08. The van der Waals surface area contributed by atoms with Crippen molar-refractivity contribution >= 4 is 11.8 Å². The fourth-order valence-electron chi connectivity index (χ4n) is 0.409. The van der Waals surface area contributed by atoms with Gasteiger partial charge >= 0.3 is 0 Å². The van der Waals surface area contributed by atoms with Crippen LogP contribution in [0.3, 0.4) is 0 Å². The van der Waals surface area contributed by atoms with Crippen LogP contribution in [0.25, 0.3) is 0 Å². The lowest BCUT2D eigenvalue weighted by Crippen LogP contribution is -1.66. The predicted octanol–water partition coefficient (Wildman–Crippen LogP) is 4.02. The molecular formula is C10H18S. The van der Waals surface area contributed by atoms with Gasteiger partial charge in [0.25, 0.3) is 0 Å². The van der Waals surface area contributed by atoms with Gasteiger partial charge in [-0.3, -0.25) is 0 Å². The van der Waals surface area contributed by atoms with Crippen LogP contribution in [-0.2, 0) is 0 Å². The van der Waals surface area contributed by atoms with Crippen LogP contribution >= 0.6 is 11.8 Å². The Balaban J connectivity index is 0. The second-order valence-corrected chi connectivity index (χ2v) is 2.88. The average Bonchev–Trinajstić information content (AvgIpc) is 2.05. The Morgan fingerprint density at radius 1 is 1.45 bits per heavy atom. The monoisotopic (exact) mass is 170 g/mol. The summed E-state index contributed by atoms with van der Waals surface area (Å²) in [5.41, 5.74) is 0. The van der Waals surface area contributed by atoms with Crippen molar-refractivity contribution in [3.8, 4) is 0 Å². The van der Waals surface area contributed by atoms with Crippen LogP contribution in [-0.4, -0.2) is 5.75 Å². The molecule has 0 aliphatic heterocycles. The lowest BCUT2D eigenvalue weighted by Gasteiger charge is -1.91. The van der Waals surface area contributed by atoms with Crippen molar-refractivity contribution in [1.29, 1.82) is 0 Å². The lowest BCUT2D eigenvalue weighted by molar-refractivity contribution is 1.50. The third-order valence-corrected chi connectivity index (χ3v) is 1.54. The summed E-state index contributed by atoms with van der Waals surface area (Å²) < 4.78 is 0. The Labute approximate surface area is 75.1 Å². The summed E-state index contributed by atoms with van der Waals surface area (Å²) in [7, 11) is 0. The summed E-state index contributed by atoms with van der Waals surface area (Å²) in [5.74, 6) is 1.08. The standard InChI is InChI=1S/C8H12S.C2H6/c1-4-6-7-8(3)9-5-2;1-2/h4,6-7H,1,3,5H2,2H3;1-2H3/b7-6-;. The molecule has 0 bridgehead atoms. The van der Waals surface area contributed by atoms with E-state index in [1.54, 1.807) is 17.8 Å². The highest BCUT2D eigenvalue weighted by Gasteiger charge is 1.82. The summed E-state index contributed by atoms with van der Waals surface area (Å²) in [6.45, 7) is 13.5. The van der Waals surface area contributed by atoms with E-state index in [2.05, 4.69) is 20.1 Å². The van der Waals surface area contributed by atoms with Crippen LogP contribution < -0.4 is 0 Å². The minimum Gasteiger partial charge on any atom is -0.127 e. The van der Waals surface area contributed by atoms with Gasteiger partial charge in [0.1, 0.15) is 0 Å². The van der Waals surface area contributed by atoms with E-state index in [1.165, 1.54) is 0 Å². The molecule has 0 saturated heterocycles. The first-order valence-electron chi connectivity index (χ1n) is 3.92. The quantitative estimate of drug-likeness (QED) is 0.574. The second-order valence-electron chi connectivity index (χ2n) is 1.49. The number of thioether (sulfide) groups is 1. The molecule has 1 heteroatoms. The van der Waals surface area contributed by atoms with Crippen LogP contribution in [0.1, 0.15) is 20.8 Å². The zero-order valence-electron chi connectivity index (χ0n) is 7.76. The van der Waals surface area contributed by atoms with E-state index in [1.807, 2.05) is 26.0 Å². The average molecular weight is 170 g/mol. The van der Waals surface area contributed by atoms with Gasteiger partial charge in [-0.2, -0.15) is 0 Å². The second kappa shape index (κ2) is 12.3. The van der Waals surface area contributed by atoms with E-state index >= 15 is 0 Å². The molecule has 0 N–H and O–H groups in total. The number of allylic oxidation sites excluding steroid dienone is 3. The molecule has 0 amide bonds. The first-order chi connectivity index (χ1) is 5.31. The molecule has 0 aromatic rings. The van der Waals surface area contributed by atoms with Gasteiger partial charge in [0.2, 0.25) is 0 Å². The first-order valence-corrected chi connectivity index (χ1v) is 4.90. The maximum Gasteiger partial charge on any atom is -0.0000137 e. The van der Waals surface area contributed by atoms with Crippen LogP contribution in [0.15, 0.2) is 36.3 Å². The molecule has 0 saturated carbocycles. The Kier molecular flexibility index (Phi) is 14.7. The van der Waals surface area contributed by atoms with Gasteiger partial charge < -0.3 is 0 Å². The van der Waals surface area contributed by atoms with E-state index in [0.29, 0.717) is 0 Å². The molecule has 0 atom stereocenters. The fourth-order valence-corrected chi connectivity index (χ4v) is 0.954. The lowest BCUT2D eigenvalue weighted by atomic mass is 10.5. The zero-order chi connectivity index (χ0) is 9.11. The van der Waals surface area contributed by atoms with Crippen molar-refractivity contribution in [2.75, 3.05) is 5.75 Å². The van der Waals surface area contributed by atoms with Crippen LogP contribution in [0.4, 0.5) is 0 Å². The Bertz CT molecular complexity index is 123. The topological polar surface area (TPSA) is 0 Å². The SMILES string of the molecule is C=C/C=C\C(=C)SCC.CC. The molecular weight excluding hydrogens is 152 g/mol. The molecule has 0 rings (SSSR count). The number of rotatable bonds is 4. The van der Waals surface area contributed by atoms with E-state index in [9.17, 15) is 0 Å². The number of hydrogen-bond donors (Lipinski definition) is 0. The van der Waals surface area contributed by atoms with E-state index < -0.39 is 0 Å². The van der Waals surface area contributed by atoms with Crippen molar-refractivity contribution in [3.05, 3.63) is 36.3 Å². The molecule has 64 valence electrons. The van der Waals surface area contributed by atoms with Crippen molar-refractivity contribution < 1.29 is 0 Å². The highest BCUT2D eigenvalue weighted by molar-refractivity contribution is 8.03. The molecule has 0 spiro atoms. The third kappa shape index (κ3) is 12.7. The van der Waals surface area contributed by atoms with Gasteiger partial charge in [0, 0.05) is 0 Å². The minimum absolute atomic E-state index is 1.08. The smallest absolute Gasteiger partial charge is 0.0000137 e. The molecule has 0 fully saturated rings.